The Morgan fingerprint density at radius 1 is 1.00 bits per heavy atom. The van der Waals surface area contributed by atoms with Crippen molar-refractivity contribution >= 4 is 17.4 Å². The summed E-state index contributed by atoms with van der Waals surface area (Å²) in [6.07, 6.45) is 1.03. The van der Waals surface area contributed by atoms with Crippen LogP contribution in [0.25, 0.3) is 0 Å². The second kappa shape index (κ2) is 7.46. The van der Waals surface area contributed by atoms with Crippen molar-refractivity contribution in [1.82, 2.24) is 0 Å². The van der Waals surface area contributed by atoms with Crippen LogP contribution in [0.3, 0.4) is 0 Å². The SMILES string of the molecule is CCc1ccc(C(C)Nc2ccc(SC(F)F)cc2)cc1. The quantitative estimate of drug-likeness (QED) is 0.683. The molecule has 0 saturated carbocycles. The molecule has 1 nitrogen and oxygen atoms in total. The maximum absolute atomic E-state index is 12.3. The molecule has 0 aromatic heterocycles. The largest absolute Gasteiger partial charge is 0.379 e. The highest BCUT2D eigenvalue weighted by molar-refractivity contribution is 7.99. The zero-order chi connectivity index (χ0) is 15.2. The van der Waals surface area contributed by atoms with E-state index in [0.717, 1.165) is 12.1 Å². The summed E-state index contributed by atoms with van der Waals surface area (Å²) in [6.45, 7) is 4.22. The number of hydrogen-bond acceptors (Lipinski definition) is 2. The van der Waals surface area contributed by atoms with Crippen LogP contribution < -0.4 is 5.32 Å². The standard InChI is InChI=1S/C17H19F2NS/c1-3-13-4-6-14(7-5-13)12(2)20-15-8-10-16(11-9-15)21-17(18)19/h4-12,17,20H,3H2,1-2H3. The maximum atomic E-state index is 12.3. The predicted octanol–water partition coefficient (Wildman–Crippen LogP) is 5.74. The van der Waals surface area contributed by atoms with E-state index in [0.29, 0.717) is 16.7 Å². The summed E-state index contributed by atoms with van der Waals surface area (Å²) in [5.74, 6) is -2.38. The molecule has 0 amide bonds. The summed E-state index contributed by atoms with van der Waals surface area (Å²) in [4.78, 5) is 0.579. The van der Waals surface area contributed by atoms with Crippen LogP contribution in [0.2, 0.25) is 0 Å². The Labute approximate surface area is 128 Å². The van der Waals surface area contributed by atoms with Crippen molar-refractivity contribution in [2.45, 2.75) is 37.0 Å². The first-order valence-electron chi connectivity index (χ1n) is 6.98. The van der Waals surface area contributed by atoms with Gasteiger partial charge < -0.3 is 5.32 Å². The highest BCUT2D eigenvalue weighted by atomic mass is 32.2. The number of nitrogens with one attached hydrogen (secondary N) is 1. The first kappa shape index (κ1) is 15.8. The summed E-state index contributed by atoms with van der Waals surface area (Å²) < 4.78 is 24.5. The molecule has 112 valence electrons. The van der Waals surface area contributed by atoms with E-state index in [-0.39, 0.29) is 6.04 Å². The van der Waals surface area contributed by atoms with Gasteiger partial charge in [0.15, 0.2) is 0 Å². The number of anilines is 1. The zero-order valence-electron chi connectivity index (χ0n) is 12.1. The number of benzene rings is 2. The van der Waals surface area contributed by atoms with Gasteiger partial charge in [-0.05, 0) is 48.7 Å². The maximum Gasteiger partial charge on any atom is 0.288 e. The number of rotatable bonds is 6. The molecular weight excluding hydrogens is 288 g/mol. The molecule has 1 N–H and O–H groups in total. The smallest absolute Gasteiger partial charge is 0.288 e. The van der Waals surface area contributed by atoms with E-state index in [1.807, 2.05) is 12.1 Å². The molecular formula is C17H19F2NS. The summed E-state index contributed by atoms with van der Waals surface area (Å²) in [6, 6.07) is 15.8. The van der Waals surface area contributed by atoms with Crippen LogP contribution in [0.5, 0.6) is 0 Å². The van der Waals surface area contributed by atoms with Crippen molar-refractivity contribution in [3.05, 3.63) is 59.7 Å². The van der Waals surface area contributed by atoms with E-state index in [1.165, 1.54) is 11.1 Å². The summed E-state index contributed by atoms with van der Waals surface area (Å²) in [5, 5.41) is 3.38. The van der Waals surface area contributed by atoms with E-state index in [2.05, 4.69) is 43.4 Å². The average molecular weight is 307 g/mol. The fraction of sp³-hybridized carbons (Fsp3) is 0.294. The van der Waals surface area contributed by atoms with Crippen LogP contribution in [-0.4, -0.2) is 5.76 Å². The third-order valence-electron chi connectivity index (χ3n) is 3.35. The molecule has 1 atom stereocenters. The molecule has 0 aliphatic carbocycles. The van der Waals surface area contributed by atoms with Crippen molar-refractivity contribution in [3.63, 3.8) is 0 Å². The molecule has 2 aromatic rings. The van der Waals surface area contributed by atoms with Gasteiger partial charge in [-0.2, -0.15) is 8.78 Å². The van der Waals surface area contributed by atoms with Gasteiger partial charge in [-0.3, -0.25) is 0 Å². The lowest BCUT2D eigenvalue weighted by Gasteiger charge is -2.16. The van der Waals surface area contributed by atoms with E-state index < -0.39 is 5.76 Å². The Bertz CT molecular complexity index is 552. The molecule has 0 saturated heterocycles. The van der Waals surface area contributed by atoms with E-state index in [1.54, 1.807) is 12.1 Å². The van der Waals surface area contributed by atoms with Crippen LogP contribution in [0.4, 0.5) is 14.5 Å². The van der Waals surface area contributed by atoms with Crippen molar-refractivity contribution in [3.8, 4) is 0 Å². The van der Waals surface area contributed by atoms with Gasteiger partial charge in [-0.1, -0.05) is 43.0 Å². The minimum absolute atomic E-state index is 0.171. The van der Waals surface area contributed by atoms with Crippen molar-refractivity contribution in [2.24, 2.45) is 0 Å². The van der Waals surface area contributed by atoms with Gasteiger partial charge in [0.1, 0.15) is 0 Å². The van der Waals surface area contributed by atoms with Crippen molar-refractivity contribution < 1.29 is 8.78 Å². The van der Waals surface area contributed by atoms with Gasteiger partial charge in [-0.25, -0.2) is 0 Å². The molecule has 0 aliphatic heterocycles. The number of halogens is 2. The molecule has 1 unspecified atom stereocenters. The summed E-state index contributed by atoms with van der Waals surface area (Å²) in [7, 11) is 0. The summed E-state index contributed by atoms with van der Waals surface area (Å²) >= 11 is 0.565. The van der Waals surface area contributed by atoms with Crippen LogP contribution in [0.1, 0.15) is 31.0 Å². The third-order valence-corrected chi connectivity index (χ3v) is 4.07. The molecule has 0 fully saturated rings. The molecule has 0 heterocycles. The zero-order valence-corrected chi connectivity index (χ0v) is 13.0. The molecule has 21 heavy (non-hydrogen) atoms. The normalized spacial score (nSPS) is 12.4. The number of aryl methyl sites for hydroxylation is 1. The lowest BCUT2D eigenvalue weighted by molar-refractivity contribution is 0.252. The molecule has 0 radical (unpaired) electrons. The Morgan fingerprint density at radius 2 is 1.62 bits per heavy atom. The first-order chi connectivity index (χ1) is 10.1. The molecule has 2 rings (SSSR count). The van der Waals surface area contributed by atoms with Gasteiger partial charge in [0.2, 0.25) is 0 Å². The van der Waals surface area contributed by atoms with Crippen LogP contribution in [-0.2, 0) is 6.42 Å². The Balaban J connectivity index is 1.99. The first-order valence-corrected chi connectivity index (χ1v) is 7.86. The second-order valence-corrected chi connectivity index (χ2v) is 5.93. The van der Waals surface area contributed by atoms with Gasteiger partial charge in [0.25, 0.3) is 5.76 Å². The minimum atomic E-state index is -2.38. The molecule has 2 aromatic carbocycles. The van der Waals surface area contributed by atoms with Gasteiger partial charge in [0.05, 0.1) is 0 Å². The predicted molar refractivity (Wildman–Crippen MR) is 86.2 cm³/mol. The Kier molecular flexibility index (Phi) is 5.62. The lowest BCUT2D eigenvalue weighted by Crippen LogP contribution is -2.06. The third kappa shape index (κ3) is 4.74. The van der Waals surface area contributed by atoms with Crippen LogP contribution in [0, 0.1) is 0 Å². The number of hydrogen-bond donors (Lipinski definition) is 1. The highest BCUT2D eigenvalue weighted by Gasteiger charge is 2.07. The van der Waals surface area contributed by atoms with E-state index >= 15 is 0 Å². The lowest BCUT2D eigenvalue weighted by atomic mass is 10.0. The molecule has 0 aliphatic rings. The van der Waals surface area contributed by atoms with Gasteiger partial charge >= 0.3 is 0 Å². The fourth-order valence-corrected chi connectivity index (χ4v) is 2.61. The molecule has 0 bridgehead atoms. The van der Waals surface area contributed by atoms with Crippen molar-refractivity contribution in [1.29, 1.82) is 0 Å². The fourth-order valence-electron chi connectivity index (χ4n) is 2.11. The van der Waals surface area contributed by atoms with Crippen molar-refractivity contribution in [2.75, 3.05) is 5.32 Å². The molecule has 4 heteroatoms. The Hall–Kier alpha value is -1.55. The number of alkyl halides is 2. The van der Waals surface area contributed by atoms with Gasteiger partial charge in [-0.15, -0.1) is 0 Å². The topological polar surface area (TPSA) is 12.0 Å². The van der Waals surface area contributed by atoms with E-state index in [9.17, 15) is 8.78 Å². The molecule has 0 spiro atoms. The highest BCUT2D eigenvalue weighted by Crippen LogP contribution is 2.27. The second-order valence-electron chi connectivity index (χ2n) is 4.86. The minimum Gasteiger partial charge on any atom is -0.379 e. The summed E-state index contributed by atoms with van der Waals surface area (Å²) in [5.41, 5.74) is 3.46. The number of thioether (sulfide) groups is 1. The van der Waals surface area contributed by atoms with Gasteiger partial charge in [0, 0.05) is 16.6 Å². The van der Waals surface area contributed by atoms with E-state index in [4.69, 9.17) is 0 Å². The average Bonchev–Trinajstić information content (AvgIpc) is 2.49. The van der Waals surface area contributed by atoms with Crippen LogP contribution in [0.15, 0.2) is 53.4 Å². The Morgan fingerprint density at radius 3 is 2.14 bits per heavy atom. The monoisotopic (exact) mass is 307 g/mol. The van der Waals surface area contributed by atoms with Crippen LogP contribution >= 0.6 is 11.8 Å².